The zero-order valence-corrected chi connectivity index (χ0v) is 15.0. The molecule has 1 N–H and O–H groups in total. The molecule has 1 aliphatic rings. The highest BCUT2D eigenvalue weighted by molar-refractivity contribution is 7.89. The van der Waals surface area contributed by atoms with Crippen molar-refractivity contribution in [1.29, 1.82) is 0 Å². The third-order valence-electron chi connectivity index (χ3n) is 4.28. The van der Waals surface area contributed by atoms with Gasteiger partial charge >= 0.3 is 6.18 Å². The molecule has 27 heavy (non-hydrogen) atoms. The van der Waals surface area contributed by atoms with Crippen LogP contribution in [0.4, 0.5) is 18.9 Å². The van der Waals surface area contributed by atoms with E-state index in [4.69, 9.17) is 0 Å². The zero-order valence-electron chi connectivity index (χ0n) is 14.2. The number of para-hydroxylation sites is 1. The maximum Gasteiger partial charge on any atom is 0.418 e. The molecule has 0 spiro atoms. The van der Waals surface area contributed by atoms with Gasteiger partial charge in [0.25, 0.3) is 5.91 Å². The number of benzene rings is 2. The number of alkyl halides is 3. The van der Waals surface area contributed by atoms with E-state index in [1.807, 2.05) is 0 Å². The molecule has 0 radical (unpaired) electrons. The summed E-state index contributed by atoms with van der Waals surface area (Å²) in [7, 11) is -3.73. The van der Waals surface area contributed by atoms with Crippen LogP contribution >= 0.6 is 0 Å². The van der Waals surface area contributed by atoms with E-state index in [-0.39, 0.29) is 16.1 Å². The van der Waals surface area contributed by atoms with E-state index in [9.17, 15) is 26.4 Å². The summed E-state index contributed by atoms with van der Waals surface area (Å²) in [5.74, 6) is -0.815. The van der Waals surface area contributed by atoms with E-state index in [1.54, 1.807) is 0 Å². The Morgan fingerprint density at radius 2 is 1.67 bits per heavy atom. The van der Waals surface area contributed by atoms with E-state index in [1.165, 1.54) is 40.7 Å². The van der Waals surface area contributed by atoms with Gasteiger partial charge in [0.15, 0.2) is 0 Å². The first kappa shape index (κ1) is 19.4. The molecule has 9 heteroatoms. The van der Waals surface area contributed by atoms with Crippen molar-refractivity contribution in [1.82, 2.24) is 4.31 Å². The maximum absolute atomic E-state index is 13.1. The van der Waals surface area contributed by atoms with Crippen molar-refractivity contribution in [2.75, 3.05) is 18.4 Å². The van der Waals surface area contributed by atoms with Gasteiger partial charge in [-0.25, -0.2) is 8.42 Å². The SMILES string of the molecule is O=C(Nc1ccccc1C(F)(F)F)c1cccc(S(=O)(=O)N2CCCC2)c1. The highest BCUT2D eigenvalue weighted by Gasteiger charge is 2.34. The van der Waals surface area contributed by atoms with Crippen LogP contribution in [0.15, 0.2) is 53.4 Å². The number of anilines is 1. The summed E-state index contributed by atoms with van der Waals surface area (Å²) in [4.78, 5) is 12.4. The Labute approximate surface area is 154 Å². The summed E-state index contributed by atoms with van der Waals surface area (Å²) >= 11 is 0. The van der Waals surface area contributed by atoms with Gasteiger partial charge in [-0.1, -0.05) is 18.2 Å². The number of hydrogen-bond acceptors (Lipinski definition) is 3. The monoisotopic (exact) mass is 398 g/mol. The van der Waals surface area contributed by atoms with Crippen LogP contribution in [-0.2, 0) is 16.2 Å². The first-order valence-corrected chi connectivity index (χ1v) is 9.71. The zero-order chi connectivity index (χ0) is 19.7. The van der Waals surface area contributed by atoms with E-state index >= 15 is 0 Å². The van der Waals surface area contributed by atoms with Crippen LogP contribution in [0, 0.1) is 0 Å². The molecule has 0 unspecified atom stereocenters. The van der Waals surface area contributed by atoms with Crippen LogP contribution < -0.4 is 5.32 Å². The van der Waals surface area contributed by atoms with Crippen LogP contribution in [0.2, 0.25) is 0 Å². The number of carbonyl (C=O) groups excluding carboxylic acids is 1. The first-order valence-electron chi connectivity index (χ1n) is 8.27. The normalized spacial score (nSPS) is 15.7. The summed E-state index contributed by atoms with van der Waals surface area (Å²) in [6, 6.07) is 9.91. The van der Waals surface area contributed by atoms with Crippen LogP contribution in [0.5, 0.6) is 0 Å². The fourth-order valence-electron chi connectivity index (χ4n) is 2.91. The molecule has 0 saturated carbocycles. The second-order valence-corrected chi connectivity index (χ2v) is 8.07. The molecule has 0 bridgehead atoms. The van der Waals surface area contributed by atoms with Crippen molar-refractivity contribution >= 4 is 21.6 Å². The number of rotatable bonds is 4. The van der Waals surface area contributed by atoms with Gasteiger partial charge in [0.2, 0.25) is 10.0 Å². The van der Waals surface area contributed by atoms with Crippen molar-refractivity contribution in [2.45, 2.75) is 23.9 Å². The van der Waals surface area contributed by atoms with Crippen molar-refractivity contribution < 1.29 is 26.4 Å². The topological polar surface area (TPSA) is 66.5 Å². The lowest BCUT2D eigenvalue weighted by Gasteiger charge is -2.16. The van der Waals surface area contributed by atoms with Gasteiger partial charge in [-0.2, -0.15) is 17.5 Å². The van der Waals surface area contributed by atoms with Gasteiger partial charge in [0.05, 0.1) is 16.1 Å². The third-order valence-corrected chi connectivity index (χ3v) is 6.17. The standard InChI is InChI=1S/C18H17F3N2O3S/c19-18(20,21)15-8-1-2-9-16(15)22-17(24)13-6-5-7-14(12-13)27(25,26)23-10-3-4-11-23/h1-2,5-9,12H,3-4,10-11H2,(H,22,24). The molecule has 0 aliphatic carbocycles. The van der Waals surface area contributed by atoms with E-state index in [0.29, 0.717) is 13.1 Å². The summed E-state index contributed by atoms with van der Waals surface area (Å²) in [6.07, 6.45) is -3.08. The Kier molecular flexibility index (Phi) is 5.25. The quantitative estimate of drug-likeness (QED) is 0.853. The molecule has 1 aliphatic heterocycles. The lowest BCUT2D eigenvalue weighted by atomic mass is 10.1. The van der Waals surface area contributed by atoms with Gasteiger partial charge in [0.1, 0.15) is 0 Å². The molecule has 0 aromatic heterocycles. The van der Waals surface area contributed by atoms with Gasteiger partial charge in [0, 0.05) is 18.7 Å². The van der Waals surface area contributed by atoms with Crippen LogP contribution in [0.3, 0.4) is 0 Å². The number of sulfonamides is 1. The Bertz CT molecular complexity index is 952. The molecule has 3 rings (SSSR count). The van der Waals surface area contributed by atoms with Crippen LogP contribution in [0.1, 0.15) is 28.8 Å². The number of hydrogen-bond donors (Lipinski definition) is 1. The van der Waals surface area contributed by atoms with E-state index in [2.05, 4.69) is 5.32 Å². The van der Waals surface area contributed by atoms with E-state index < -0.39 is 27.7 Å². The summed E-state index contributed by atoms with van der Waals surface area (Å²) in [5, 5.41) is 2.21. The Morgan fingerprint density at radius 1 is 1.00 bits per heavy atom. The lowest BCUT2D eigenvalue weighted by molar-refractivity contribution is -0.136. The largest absolute Gasteiger partial charge is 0.418 e. The Hall–Kier alpha value is -2.39. The molecular formula is C18H17F3N2O3S. The molecule has 144 valence electrons. The van der Waals surface area contributed by atoms with Crippen molar-refractivity contribution in [2.24, 2.45) is 0 Å². The average molecular weight is 398 g/mol. The summed E-state index contributed by atoms with van der Waals surface area (Å²) < 4.78 is 65.7. The molecule has 1 amide bonds. The Balaban J connectivity index is 1.87. The highest BCUT2D eigenvalue weighted by atomic mass is 32.2. The van der Waals surface area contributed by atoms with Crippen LogP contribution in [-0.4, -0.2) is 31.7 Å². The number of amides is 1. The number of carbonyl (C=O) groups is 1. The smallest absolute Gasteiger partial charge is 0.321 e. The predicted octanol–water partition coefficient (Wildman–Crippen LogP) is 3.74. The second kappa shape index (κ2) is 7.32. The summed E-state index contributed by atoms with van der Waals surface area (Å²) in [6.45, 7) is 0.829. The fourth-order valence-corrected chi connectivity index (χ4v) is 4.47. The molecule has 1 fully saturated rings. The van der Waals surface area contributed by atoms with Crippen molar-refractivity contribution in [3.05, 3.63) is 59.7 Å². The minimum atomic E-state index is -4.62. The number of nitrogens with one attached hydrogen (secondary N) is 1. The number of halogens is 3. The lowest BCUT2D eigenvalue weighted by Crippen LogP contribution is -2.28. The van der Waals surface area contributed by atoms with Crippen molar-refractivity contribution in [3.8, 4) is 0 Å². The maximum atomic E-state index is 13.1. The van der Waals surface area contributed by atoms with Crippen LogP contribution in [0.25, 0.3) is 0 Å². The Morgan fingerprint density at radius 3 is 2.33 bits per heavy atom. The summed E-state index contributed by atoms with van der Waals surface area (Å²) in [5.41, 5.74) is -1.39. The molecule has 1 heterocycles. The minimum Gasteiger partial charge on any atom is -0.321 e. The molecule has 0 atom stereocenters. The van der Waals surface area contributed by atoms with Gasteiger partial charge < -0.3 is 5.32 Å². The van der Waals surface area contributed by atoms with Gasteiger partial charge in [-0.05, 0) is 43.2 Å². The van der Waals surface area contributed by atoms with E-state index in [0.717, 1.165) is 25.0 Å². The first-order chi connectivity index (χ1) is 12.7. The molecule has 2 aromatic carbocycles. The van der Waals surface area contributed by atoms with Gasteiger partial charge in [-0.15, -0.1) is 0 Å². The third kappa shape index (κ3) is 4.14. The minimum absolute atomic E-state index is 0.0350. The molecule has 5 nitrogen and oxygen atoms in total. The number of nitrogens with zero attached hydrogens (tertiary/aromatic N) is 1. The molecular weight excluding hydrogens is 381 g/mol. The second-order valence-electron chi connectivity index (χ2n) is 6.14. The van der Waals surface area contributed by atoms with Crippen molar-refractivity contribution in [3.63, 3.8) is 0 Å². The molecule has 1 saturated heterocycles. The fraction of sp³-hybridized carbons (Fsp3) is 0.278. The molecule has 2 aromatic rings. The van der Waals surface area contributed by atoms with Gasteiger partial charge in [-0.3, -0.25) is 4.79 Å². The predicted molar refractivity (Wildman–Crippen MR) is 93.8 cm³/mol. The highest BCUT2D eigenvalue weighted by Crippen LogP contribution is 2.34. The average Bonchev–Trinajstić information content (AvgIpc) is 3.17.